The topological polar surface area (TPSA) is 33.1 Å². The Kier molecular flexibility index (Phi) is 4.59. The minimum Gasteiger partial charge on any atom is -0.396 e. The summed E-state index contributed by atoms with van der Waals surface area (Å²) in [5, 5.41) is 11.9. The zero-order chi connectivity index (χ0) is 12.1. The summed E-state index contributed by atoms with van der Waals surface area (Å²) in [4.78, 5) is 5.84. The lowest BCUT2D eigenvalue weighted by molar-refractivity contribution is 0.288. The van der Waals surface area contributed by atoms with Crippen LogP contribution in [0.4, 0.5) is 0 Å². The molecule has 2 aromatic rings. The second kappa shape index (κ2) is 6.19. The lowest BCUT2D eigenvalue weighted by atomic mass is 10.2. The minimum absolute atomic E-state index is 0.231. The number of hydrogen-bond acceptors (Lipinski definition) is 4. The molecule has 0 aliphatic heterocycles. The molecule has 0 fully saturated rings. The molecule has 2 rings (SSSR count). The zero-order valence-electron chi connectivity index (χ0n) is 9.72. The summed E-state index contributed by atoms with van der Waals surface area (Å²) in [6.07, 6.45) is 3.72. The predicted octanol–water partition coefficient (Wildman–Crippen LogP) is 3.46. The van der Waals surface area contributed by atoms with E-state index >= 15 is 0 Å². The van der Waals surface area contributed by atoms with Crippen LogP contribution in [-0.2, 0) is 6.42 Å². The molecule has 1 aromatic heterocycles. The summed E-state index contributed by atoms with van der Waals surface area (Å²) in [5.41, 5.74) is 2.25. The van der Waals surface area contributed by atoms with Crippen LogP contribution in [0.5, 0.6) is 0 Å². The number of aryl methyl sites for hydroxylation is 1. The largest absolute Gasteiger partial charge is 0.396 e. The fraction of sp³-hybridized carbons (Fsp3) is 0.308. The van der Waals surface area contributed by atoms with Crippen molar-refractivity contribution in [3.05, 3.63) is 35.3 Å². The molecule has 0 spiro atoms. The molecule has 0 saturated heterocycles. The minimum atomic E-state index is 0.231. The summed E-state index contributed by atoms with van der Waals surface area (Å²) in [5.74, 6) is 0. The van der Waals surface area contributed by atoms with Gasteiger partial charge in [0.15, 0.2) is 0 Å². The first kappa shape index (κ1) is 12.6. The lowest BCUT2D eigenvalue weighted by Gasteiger charge is -1.98. The van der Waals surface area contributed by atoms with Gasteiger partial charge in [-0.3, -0.25) is 0 Å². The van der Waals surface area contributed by atoms with Gasteiger partial charge >= 0.3 is 0 Å². The van der Waals surface area contributed by atoms with Gasteiger partial charge < -0.3 is 5.11 Å². The van der Waals surface area contributed by atoms with Crippen LogP contribution >= 0.6 is 23.1 Å². The number of benzene rings is 1. The van der Waals surface area contributed by atoms with Gasteiger partial charge in [0.1, 0.15) is 5.01 Å². The monoisotopic (exact) mass is 265 g/mol. The third kappa shape index (κ3) is 3.31. The van der Waals surface area contributed by atoms with Gasteiger partial charge in [0, 0.05) is 22.4 Å². The van der Waals surface area contributed by atoms with Crippen molar-refractivity contribution in [2.24, 2.45) is 0 Å². The van der Waals surface area contributed by atoms with E-state index in [0.29, 0.717) is 0 Å². The van der Waals surface area contributed by atoms with Crippen LogP contribution in [0.15, 0.2) is 34.5 Å². The third-order valence-electron chi connectivity index (χ3n) is 2.48. The summed E-state index contributed by atoms with van der Waals surface area (Å²) in [6.45, 7) is 0.231. The van der Waals surface area contributed by atoms with Crippen LogP contribution < -0.4 is 0 Å². The first-order valence-corrected chi connectivity index (χ1v) is 7.63. The molecule has 17 heavy (non-hydrogen) atoms. The first-order valence-electron chi connectivity index (χ1n) is 5.53. The number of aliphatic hydroxyl groups is 1. The van der Waals surface area contributed by atoms with E-state index in [1.807, 2.05) is 0 Å². The highest BCUT2D eigenvalue weighted by molar-refractivity contribution is 7.98. The molecule has 2 nitrogen and oxygen atoms in total. The van der Waals surface area contributed by atoms with Crippen molar-refractivity contribution in [2.45, 2.75) is 17.7 Å². The molecule has 0 unspecified atom stereocenters. The molecule has 1 heterocycles. The van der Waals surface area contributed by atoms with Crippen LogP contribution in [0.2, 0.25) is 0 Å². The lowest BCUT2D eigenvalue weighted by Crippen LogP contribution is -1.89. The maximum Gasteiger partial charge on any atom is 0.123 e. The van der Waals surface area contributed by atoms with Gasteiger partial charge in [-0.15, -0.1) is 23.1 Å². The van der Waals surface area contributed by atoms with E-state index in [2.05, 4.69) is 40.9 Å². The maximum absolute atomic E-state index is 8.78. The SMILES string of the molecule is CSc1ccc(-c2nc(CCCO)cs2)cc1. The van der Waals surface area contributed by atoms with Crippen molar-refractivity contribution >= 4 is 23.1 Å². The summed E-state index contributed by atoms with van der Waals surface area (Å²) in [7, 11) is 0. The smallest absolute Gasteiger partial charge is 0.123 e. The Morgan fingerprint density at radius 3 is 2.71 bits per heavy atom. The van der Waals surface area contributed by atoms with Gasteiger partial charge in [-0.1, -0.05) is 12.1 Å². The average Bonchev–Trinajstić information content (AvgIpc) is 2.85. The van der Waals surface area contributed by atoms with Gasteiger partial charge in [-0.2, -0.15) is 0 Å². The Balaban J connectivity index is 2.12. The third-order valence-corrected chi connectivity index (χ3v) is 4.16. The Labute approximate surface area is 110 Å². The van der Waals surface area contributed by atoms with Crippen molar-refractivity contribution in [1.82, 2.24) is 4.98 Å². The van der Waals surface area contributed by atoms with E-state index in [1.54, 1.807) is 23.1 Å². The normalized spacial score (nSPS) is 10.7. The Morgan fingerprint density at radius 2 is 2.06 bits per heavy atom. The van der Waals surface area contributed by atoms with Crippen molar-refractivity contribution in [3.63, 3.8) is 0 Å². The van der Waals surface area contributed by atoms with Crippen LogP contribution in [0.1, 0.15) is 12.1 Å². The zero-order valence-corrected chi connectivity index (χ0v) is 11.4. The molecule has 1 N–H and O–H groups in total. The van der Waals surface area contributed by atoms with Crippen molar-refractivity contribution in [2.75, 3.05) is 12.9 Å². The van der Waals surface area contributed by atoms with Crippen molar-refractivity contribution < 1.29 is 5.11 Å². The fourth-order valence-electron chi connectivity index (χ4n) is 1.55. The fourth-order valence-corrected chi connectivity index (χ4v) is 2.82. The predicted molar refractivity (Wildman–Crippen MR) is 74.7 cm³/mol. The van der Waals surface area contributed by atoms with Gasteiger partial charge in [-0.25, -0.2) is 4.98 Å². The number of rotatable bonds is 5. The van der Waals surface area contributed by atoms with Gasteiger partial charge in [-0.05, 0) is 31.2 Å². The standard InChI is InChI=1S/C13H15NOS2/c1-16-12-6-4-10(5-7-12)13-14-11(9-17-13)3-2-8-15/h4-7,9,15H,2-3,8H2,1H3. The highest BCUT2D eigenvalue weighted by Crippen LogP contribution is 2.26. The number of nitrogens with zero attached hydrogens (tertiary/aromatic N) is 1. The van der Waals surface area contributed by atoms with Gasteiger partial charge in [0.25, 0.3) is 0 Å². The molecule has 0 radical (unpaired) electrons. The van der Waals surface area contributed by atoms with Gasteiger partial charge in [0.05, 0.1) is 5.69 Å². The number of hydrogen-bond donors (Lipinski definition) is 1. The molecular weight excluding hydrogens is 250 g/mol. The molecular formula is C13H15NOS2. The van der Waals surface area contributed by atoms with Crippen LogP contribution in [0.25, 0.3) is 10.6 Å². The van der Waals surface area contributed by atoms with E-state index in [9.17, 15) is 0 Å². The molecule has 90 valence electrons. The Bertz CT molecular complexity index is 465. The molecule has 0 amide bonds. The molecule has 1 aromatic carbocycles. The highest BCUT2D eigenvalue weighted by atomic mass is 32.2. The van der Waals surface area contributed by atoms with Crippen LogP contribution in [0.3, 0.4) is 0 Å². The summed E-state index contributed by atoms with van der Waals surface area (Å²) in [6, 6.07) is 8.46. The number of thioether (sulfide) groups is 1. The first-order chi connectivity index (χ1) is 8.33. The van der Waals surface area contributed by atoms with E-state index in [4.69, 9.17) is 5.11 Å². The average molecular weight is 265 g/mol. The summed E-state index contributed by atoms with van der Waals surface area (Å²) < 4.78 is 0. The van der Waals surface area contributed by atoms with Crippen LogP contribution in [0, 0.1) is 0 Å². The van der Waals surface area contributed by atoms with E-state index < -0.39 is 0 Å². The molecule has 4 heteroatoms. The number of aromatic nitrogens is 1. The van der Waals surface area contributed by atoms with E-state index in [0.717, 1.165) is 23.5 Å². The molecule has 0 aliphatic carbocycles. The molecule has 0 aliphatic rings. The Morgan fingerprint density at radius 1 is 1.29 bits per heavy atom. The molecule has 0 saturated carbocycles. The Hall–Kier alpha value is -0.840. The van der Waals surface area contributed by atoms with Crippen molar-refractivity contribution in [3.8, 4) is 10.6 Å². The molecule has 0 bridgehead atoms. The summed E-state index contributed by atoms with van der Waals surface area (Å²) >= 11 is 3.41. The quantitative estimate of drug-likeness (QED) is 0.841. The second-order valence-electron chi connectivity index (χ2n) is 3.70. The van der Waals surface area contributed by atoms with Crippen molar-refractivity contribution in [1.29, 1.82) is 0 Å². The number of aliphatic hydroxyl groups excluding tert-OH is 1. The van der Waals surface area contributed by atoms with Gasteiger partial charge in [0.2, 0.25) is 0 Å². The maximum atomic E-state index is 8.78. The van der Waals surface area contributed by atoms with Crippen LogP contribution in [-0.4, -0.2) is 23.0 Å². The number of thiazole rings is 1. The second-order valence-corrected chi connectivity index (χ2v) is 5.44. The van der Waals surface area contributed by atoms with E-state index in [-0.39, 0.29) is 6.61 Å². The van der Waals surface area contributed by atoms with E-state index in [1.165, 1.54) is 10.5 Å². The highest BCUT2D eigenvalue weighted by Gasteiger charge is 2.04. The molecule has 0 atom stereocenters.